The van der Waals surface area contributed by atoms with Crippen LogP contribution < -0.4 is 10.6 Å². The fourth-order valence-corrected chi connectivity index (χ4v) is 1.83. The number of esters is 1. The molecule has 2 amide bonds. The highest BCUT2D eigenvalue weighted by molar-refractivity contribution is 5.97. The van der Waals surface area contributed by atoms with Gasteiger partial charge in [0.2, 0.25) is 5.91 Å². The minimum Gasteiger partial charge on any atom is -0.449 e. The molecule has 1 aromatic carbocycles. The quantitative estimate of drug-likeness (QED) is 0.812. The highest BCUT2D eigenvalue weighted by Gasteiger charge is 2.20. The topological polar surface area (TPSA) is 111 Å². The van der Waals surface area contributed by atoms with E-state index < -0.39 is 18.0 Å². The maximum Gasteiger partial charge on any atom is 0.338 e. The first-order valence-electron chi connectivity index (χ1n) is 7.18. The summed E-state index contributed by atoms with van der Waals surface area (Å²) >= 11 is 0. The van der Waals surface area contributed by atoms with Gasteiger partial charge in [-0.05, 0) is 38.1 Å². The molecule has 0 bridgehead atoms. The van der Waals surface area contributed by atoms with Gasteiger partial charge in [-0.2, -0.15) is 0 Å². The number of nitrogens with zero attached hydrogens (tertiary/aromatic N) is 1. The molecule has 8 heteroatoms. The molecule has 2 aromatic rings. The Morgan fingerprint density at radius 1 is 1.17 bits per heavy atom. The third-order valence-corrected chi connectivity index (χ3v) is 2.97. The molecule has 1 atom stereocenters. The van der Waals surface area contributed by atoms with Crippen molar-refractivity contribution in [1.29, 1.82) is 0 Å². The highest BCUT2D eigenvalue weighted by Crippen LogP contribution is 2.12. The van der Waals surface area contributed by atoms with E-state index >= 15 is 0 Å². The van der Waals surface area contributed by atoms with E-state index in [2.05, 4.69) is 15.8 Å². The first kappa shape index (κ1) is 17.2. The lowest BCUT2D eigenvalue weighted by atomic mass is 10.2. The number of aryl methyl sites for hydroxylation is 1. The standard InChI is InChI=1S/C16H17N3O5/c1-9-8-14(19-24-9)18-15(21)10(2)23-16(22)12-4-6-13(7-5-12)17-11(3)20/h4-8,10H,1-3H3,(H,17,20)(H,18,19,21)/t10-/m1/s1. The Bertz CT molecular complexity index is 751. The molecule has 0 aliphatic rings. The van der Waals surface area contributed by atoms with Crippen molar-refractivity contribution in [3.8, 4) is 0 Å². The number of nitrogens with one attached hydrogen (secondary N) is 2. The second kappa shape index (κ2) is 7.40. The van der Waals surface area contributed by atoms with Crippen LogP contribution in [0.5, 0.6) is 0 Å². The first-order valence-corrected chi connectivity index (χ1v) is 7.18. The number of amides is 2. The van der Waals surface area contributed by atoms with Gasteiger partial charge in [-0.3, -0.25) is 9.59 Å². The zero-order valence-corrected chi connectivity index (χ0v) is 13.5. The fourth-order valence-electron chi connectivity index (χ4n) is 1.83. The van der Waals surface area contributed by atoms with Gasteiger partial charge in [0.25, 0.3) is 5.91 Å². The Morgan fingerprint density at radius 2 is 1.83 bits per heavy atom. The predicted octanol–water partition coefficient (Wildman–Crippen LogP) is 2.13. The van der Waals surface area contributed by atoms with Crippen molar-refractivity contribution in [3.63, 3.8) is 0 Å². The molecule has 0 aliphatic carbocycles. The van der Waals surface area contributed by atoms with Crippen molar-refractivity contribution in [1.82, 2.24) is 5.16 Å². The van der Waals surface area contributed by atoms with Crippen LogP contribution in [0.3, 0.4) is 0 Å². The number of ether oxygens (including phenoxy) is 1. The second-order valence-electron chi connectivity index (χ2n) is 5.12. The van der Waals surface area contributed by atoms with E-state index in [1.54, 1.807) is 25.1 Å². The molecule has 0 unspecified atom stereocenters. The lowest BCUT2D eigenvalue weighted by Crippen LogP contribution is -2.30. The molecule has 8 nitrogen and oxygen atoms in total. The largest absolute Gasteiger partial charge is 0.449 e. The van der Waals surface area contributed by atoms with Crippen LogP contribution >= 0.6 is 0 Å². The van der Waals surface area contributed by atoms with Crippen LogP contribution in [0.1, 0.15) is 30.0 Å². The fraction of sp³-hybridized carbons (Fsp3) is 0.250. The van der Waals surface area contributed by atoms with Crippen molar-refractivity contribution in [3.05, 3.63) is 41.7 Å². The van der Waals surface area contributed by atoms with Gasteiger partial charge < -0.3 is 19.9 Å². The third kappa shape index (κ3) is 4.67. The van der Waals surface area contributed by atoms with Gasteiger partial charge in [0.15, 0.2) is 11.9 Å². The van der Waals surface area contributed by atoms with Crippen LogP contribution in [0.15, 0.2) is 34.9 Å². The molecule has 126 valence electrons. The second-order valence-corrected chi connectivity index (χ2v) is 5.12. The summed E-state index contributed by atoms with van der Waals surface area (Å²) in [6, 6.07) is 7.69. The normalized spacial score (nSPS) is 11.5. The SMILES string of the molecule is CC(=O)Nc1ccc(C(=O)O[C@H](C)C(=O)Nc2cc(C)on2)cc1. The summed E-state index contributed by atoms with van der Waals surface area (Å²) in [6.07, 6.45) is -1.01. The molecule has 2 rings (SSSR count). The molecule has 0 radical (unpaired) electrons. The van der Waals surface area contributed by atoms with E-state index in [-0.39, 0.29) is 17.3 Å². The molecule has 2 N–H and O–H groups in total. The maximum absolute atomic E-state index is 12.0. The number of hydrogen-bond acceptors (Lipinski definition) is 6. The summed E-state index contributed by atoms with van der Waals surface area (Å²) in [5, 5.41) is 8.70. The Hall–Kier alpha value is -3.16. The Balaban J connectivity index is 1.92. The van der Waals surface area contributed by atoms with Crippen molar-refractivity contribution in [2.45, 2.75) is 26.9 Å². The van der Waals surface area contributed by atoms with Crippen LogP contribution in [0, 0.1) is 6.92 Å². The van der Waals surface area contributed by atoms with Gasteiger partial charge in [-0.1, -0.05) is 5.16 Å². The summed E-state index contributed by atoms with van der Waals surface area (Å²) < 4.78 is 9.93. The van der Waals surface area contributed by atoms with Crippen LogP contribution in [-0.4, -0.2) is 29.0 Å². The zero-order chi connectivity index (χ0) is 17.7. The number of carbonyl (C=O) groups is 3. The summed E-state index contributed by atoms with van der Waals surface area (Å²) in [6.45, 7) is 4.53. The molecular weight excluding hydrogens is 314 g/mol. The van der Waals surface area contributed by atoms with Crippen LogP contribution in [0.25, 0.3) is 0 Å². The Morgan fingerprint density at radius 3 is 2.38 bits per heavy atom. The van der Waals surface area contributed by atoms with Gasteiger partial charge >= 0.3 is 5.97 Å². The van der Waals surface area contributed by atoms with Gasteiger partial charge in [0, 0.05) is 18.7 Å². The minimum absolute atomic E-state index is 0.210. The van der Waals surface area contributed by atoms with E-state index in [0.29, 0.717) is 11.4 Å². The Kier molecular flexibility index (Phi) is 5.31. The van der Waals surface area contributed by atoms with Crippen LogP contribution in [0.2, 0.25) is 0 Å². The summed E-state index contributed by atoms with van der Waals surface area (Å²) in [7, 11) is 0. The summed E-state index contributed by atoms with van der Waals surface area (Å²) in [4.78, 5) is 34.9. The van der Waals surface area contributed by atoms with Crippen LogP contribution in [-0.2, 0) is 14.3 Å². The van der Waals surface area contributed by atoms with Crippen molar-refractivity contribution in [2.75, 3.05) is 10.6 Å². The van der Waals surface area contributed by atoms with Crippen LogP contribution in [0.4, 0.5) is 11.5 Å². The van der Waals surface area contributed by atoms with Crippen molar-refractivity contribution < 1.29 is 23.6 Å². The average molecular weight is 331 g/mol. The summed E-state index contributed by atoms with van der Waals surface area (Å²) in [5.74, 6) is -0.581. The van der Waals surface area contributed by atoms with Gasteiger partial charge in [0.05, 0.1) is 5.56 Å². The Labute approximate surface area is 138 Å². The predicted molar refractivity (Wildman–Crippen MR) is 85.5 cm³/mol. The van der Waals surface area contributed by atoms with Gasteiger partial charge in [-0.15, -0.1) is 0 Å². The molecule has 0 fully saturated rings. The molecular formula is C16H17N3O5. The number of anilines is 2. The minimum atomic E-state index is -1.01. The van der Waals surface area contributed by atoms with E-state index in [0.717, 1.165) is 0 Å². The number of carbonyl (C=O) groups excluding carboxylic acids is 3. The van der Waals surface area contributed by atoms with E-state index in [1.807, 2.05) is 0 Å². The molecule has 1 heterocycles. The lowest BCUT2D eigenvalue weighted by Gasteiger charge is -2.12. The molecule has 24 heavy (non-hydrogen) atoms. The number of aromatic nitrogens is 1. The van der Waals surface area contributed by atoms with Gasteiger partial charge in [0.1, 0.15) is 5.76 Å². The molecule has 0 spiro atoms. The molecule has 0 saturated carbocycles. The maximum atomic E-state index is 12.0. The average Bonchev–Trinajstić information content (AvgIpc) is 2.92. The molecule has 0 aliphatic heterocycles. The number of benzene rings is 1. The van der Waals surface area contributed by atoms with E-state index in [4.69, 9.17) is 9.26 Å². The zero-order valence-electron chi connectivity index (χ0n) is 13.5. The van der Waals surface area contributed by atoms with E-state index in [1.165, 1.54) is 26.0 Å². The third-order valence-electron chi connectivity index (χ3n) is 2.97. The molecule has 1 aromatic heterocycles. The lowest BCUT2D eigenvalue weighted by molar-refractivity contribution is -0.123. The highest BCUT2D eigenvalue weighted by atomic mass is 16.5. The van der Waals surface area contributed by atoms with Crippen molar-refractivity contribution >= 4 is 29.3 Å². The van der Waals surface area contributed by atoms with Crippen molar-refractivity contribution in [2.24, 2.45) is 0 Å². The number of hydrogen-bond donors (Lipinski definition) is 2. The smallest absolute Gasteiger partial charge is 0.338 e. The molecule has 0 saturated heterocycles. The van der Waals surface area contributed by atoms with E-state index in [9.17, 15) is 14.4 Å². The van der Waals surface area contributed by atoms with Gasteiger partial charge in [-0.25, -0.2) is 4.79 Å². The number of rotatable bonds is 5. The first-order chi connectivity index (χ1) is 11.3. The monoisotopic (exact) mass is 331 g/mol. The summed E-state index contributed by atoms with van der Waals surface area (Å²) in [5.41, 5.74) is 0.826.